The van der Waals surface area contributed by atoms with Crippen LogP contribution in [0, 0.1) is 5.92 Å². The molecule has 7 nitrogen and oxygen atoms in total. The van der Waals surface area contributed by atoms with Gasteiger partial charge < -0.3 is 15.4 Å². The van der Waals surface area contributed by atoms with Crippen LogP contribution in [0.25, 0.3) is 0 Å². The number of nitrogens with one attached hydrogen (secondary N) is 2. The van der Waals surface area contributed by atoms with E-state index in [0.717, 1.165) is 17.7 Å². The number of ether oxygens (including phenoxy) is 1. The summed E-state index contributed by atoms with van der Waals surface area (Å²) in [6.45, 7) is -1.80. The molecule has 0 radical (unpaired) electrons. The number of halogens is 2. The average Bonchev–Trinajstić information content (AvgIpc) is 3.40. The van der Waals surface area contributed by atoms with Crippen LogP contribution in [0.1, 0.15) is 25.3 Å². The molecule has 1 unspecified atom stereocenters. The minimum Gasteiger partial charge on any atom is -0.434 e. The van der Waals surface area contributed by atoms with Gasteiger partial charge in [-0.25, -0.2) is 4.79 Å². The summed E-state index contributed by atoms with van der Waals surface area (Å²) in [5, 5.41) is 5.17. The maximum Gasteiger partial charge on any atom is 0.387 e. The molecule has 1 aliphatic heterocycles. The number of amides is 4. The Balaban J connectivity index is 1.58. The van der Waals surface area contributed by atoms with Gasteiger partial charge in [-0.1, -0.05) is 18.2 Å². The number of benzene rings is 1. The van der Waals surface area contributed by atoms with Gasteiger partial charge in [0.1, 0.15) is 17.8 Å². The molecule has 1 heterocycles. The van der Waals surface area contributed by atoms with Crippen molar-refractivity contribution in [2.45, 2.75) is 38.5 Å². The highest BCUT2D eigenvalue weighted by molar-refractivity contribution is 6.09. The van der Waals surface area contributed by atoms with Gasteiger partial charge in [-0.05, 0) is 31.7 Å². The fraction of sp³-hybridized carbons (Fsp3) is 0.471. The normalized spacial score (nSPS) is 22.5. The summed E-state index contributed by atoms with van der Waals surface area (Å²) in [6.07, 6.45) is 1.73. The van der Waals surface area contributed by atoms with Crippen molar-refractivity contribution in [2.75, 3.05) is 6.54 Å². The summed E-state index contributed by atoms with van der Waals surface area (Å²) < 4.78 is 29.2. The van der Waals surface area contributed by atoms with E-state index in [-0.39, 0.29) is 18.2 Å². The van der Waals surface area contributed by atoms with Crippen LogP contribution in [-0.4, -0.2) is 41.4 Å². The largest absolute Gasteiger partial charge is 0.434 e. The number of rotatable bonds is 7. The van der Waals surface area contributed by atoms with Gasteiger partial charge in [-0.15, -0.1) is 0 Å². The highest BCUT2D eigenvalue weighted by atomic mass is 19.3. The zero-order chi connectivity index (χ0) is 18.9. The van der Waals surface area contributed by atoms with E-state index < -0.39 is 36.5 Å². The first-order valence-corrected chi connectivity index (χ1v) is 8.25. The van der Waals surface area contributed by atoms with Gasteiger partial charge in [0.25, 0.3) is 5.91 Å². The van der Waals surface area contributed by atoms with E-state index in [9.17, 15) is 23.2 Å². The van der Waals surface area contributed by atoms with Gasteiger partial charge in [0.15, 0.2) is 0 Å². The molecule has 9 heteroatoms. The van der Waals surface area contributed by atoms with Gasteiger partial charge in [0.05, 0.1) is 0 Å². The van der Waals surface area contributed by atoms with Crippen LogP contribution in [0.15, 0.2) is 24.3 Å². The summed E-state index contributed by atoms with van der Waals surface area (Å²) in [5.41, 5.74) is -0.587. The number of nitrogens with zero attached hydrogens (tertiary/aromatic N) is 1. The van der Waals surface area contributed by atoms with Gasteiger partial charge in [-0.3, -0.25) is 14.5 Å². The fourth-order valence-corrected chi connectivity index (χ4v) is 3.05. The molecular formula is C17H19F2N3O4. The predicted octanol–water partition coefficient (Wildman–Crippen LogP) is 1.62. The Morgan fingerprint density at radius 2 is 2.08 bits per heavy atom. The van der Waals surface area contributed by atoms with E-state index >= 15 is 0 Å². The Morgan fingerprint density at radius 1 is 1.38 bits per heavy atom. The van der Waals surface area contributed by atoms with E-state index in [4.69, 9.17) is 0 Å². The zero-order valence-electron chi connectivity index (χ0n) is 14.1. The molecule has 2 N–H and O–H groups in total. The second-order valence-electron chi connectivity index (χ2n) is 6.56. The lowest BCUT2D eigenvalue weighted by atomic mass is 9.96. The quantitative estimate of drug-likeness (QED) is 0.717. The average molecular weight is 367 g/mol. The Kier molecular flexibility index (Phi) is 4.80. The Labute approximate surface area is 148 Å². The van der Waals surface area contributed by atoms with Crippen molar-refractivity contribution < 1.29 is 27.9 Å². The standard InChI is InChI=1S/C17H19F2N3O4/c1-17(11-6-7-11)14(24)22(16(25)21-17)9-13(23)20-8-10-4-2-3-5-12(10)26-15(18)19/h2-5,11,15H,6-9H2,1H3,(H,20,23)(H,21,25). The SMILES string of the molecule is CC1(C2CC2)NC(=O)N(CC(=O)NCc2ccccc2OC(F)F)C1=O. The number of hydrogen-bond donors (Lipinski definition) is 2. The molecule has 140 valence electrons. The lowest BCUT2D eigenvalue weighted by Crippen LogP contribution is -2.46. The fourth-order valence-electron chi connectivity index (χ4n) is 3.05. The molecule has 26 heavy (non-hydrogen) atoms. The summed E-state index contributed by atoms with van der Waals surface area (Å²) in [5.74, 6) is -0.925. The first kappa shape index (κ1) is 18.1. The molecule has 1 saturated heterocycles. The number of carbonyl (C=O) groups excluding carboxylic acids is 3. The van der Waals surface area contributed by atoms with Crippen molar-refractivity contribution in [3.8, 4) is 5.75 Å². The van der Waals surface area contributed by atoms with Crippen molar-refractivity contribution >= 4 is 17.8 Å². The second-order valence-corrected chi connectivity index (χ2v) is 6.56. The molecule has 1 atom stereocenters. The van der Waals surface area contributed by atoms with E-state index in [0.29, 0.717) is 5.56 Å². The molecule has 4 amide bonds. The third-order valence-electron chi connectivity index (χ3n) is 4.66. The van der Waals surface area contributed by atoms with Gasteiger partial charge in [0.2, 0.25) is 5.91 Å². The van der Waals surface area contributed by atoms with Crippen LogP contribution in [0.3, 0.4) is 0 Å². The number of imide groups is 1. The lowest BCUT2D eigenvalue weighted by Gasteiger charge is -2.20. The molecule has 3 rings (SSSR count). The van der Waals surface area contributed by atoms with Gasteiger partial charge in [0, 0.05) is 12.1 Å². The second kappa shape index (κ2) is 6.89. The van der Waals surface area contributed by atoms with E-state index in [1.165, 1.54) is 18.2 Å². The van der Waals surface area contributed by atoms with Gasteiger partial charge in [-0.2, -0.15) is 8.78 Å². The Morgan fingerprint density at radius 3 is 2.73 bits per heavy atom. The predicted molar refractivity (Wildman–Crippen MR) is 86.3 cm³/mol. The van der Waals surface area contributed by atoms with Crippen LogP contribution >= 0.6 is 0 Å². The molecule has 2 fully saturated rings. The van der Waals surface area contributed by atoms with Crippen LogP contribution < -0.4 is 15.4 Å². The van der Waals surface area contributed by atoms with Crippen molar-refractivity contribution in [1.29, 1.82) is 0 Å². The molecule has 0 spiro atoms. The monoisotopic (exact) mass is 367 g/mol. The minimum atomic E-state index is -2.97. The van der Waals surface area contributed by atoms with Crippen molar-refractivity contribution in [3.63, 3.8) is 0 Å². The summed E-state index contributed by atoms with van der Waals surface area (Å²) in [7, 11) is 0. The third kappa shape index (κ3) is 3.61. The van der Waals surface area contributed by atoms with Crippen molar-refractivity contribution in [3.05, 3.63) is 29.8 Å². The first-order valence-electron chi connectivity index (χ1n) is 8.25. The minimum absolute atomic E-state index is 0.0425. The summed E-state index contributed by atoms with van der Waals surface area (Å²) in [6, 6.07) is 5.47. The van der Waals surface area contributed by atoms with Crippen LogP contribution in [0.5, 0.6) is 5.75 Å². The number of urea groups is 1. The molecule has 1 aromatic carbocycles. The Hall–Kier alpha value is -2.71. The topological polar surface area (TPSA) is 87.7 Å². The van der Waals surface area contributed by atoms with E-state index in [1.807, 2.05) is 0 Å². The molecule has 1 aromatic rings. The molecule has 1 saturated carbocycles. The highest BCUT2D eigenvalue weighted by Crippen LogP contribution is 2.42. The summed E-state index contributed by atoms with van der Waals surface area (Å²) in [4.78, 5) is 37.5. The zero-order valence-corrected chi connectivity index (χ0v) is 14.1. The lowest BCUT2D eigenvalue weighted by molar-refractivity contribution is -0.135. The van der Waals surface area contributed by atoms with Crippen LogP contribution in [-0.2, 0) is 16.1 Å². The Bertz CT molecular complexity index is 738. The summed E-state index contributed by atoms with van der Waals surface area (Å²) >= 11 is 0. The number of para-hydroxylation sites is 1. The number of carbonyl (C=O) groups is 3. The number of hydrogen-bond acceptors (Lipinski definition) is 4. The van der Waals surface area contributed by atoms with Crippen LogP contribution in [0.2, 0.25) is 0 Å². The van der Waals surface area contributed by atoms with Crippen molar-refractivity contribution in [2.24, 2.45) is 5.92 Å². The maximum absolute atomic E-state index is 12.5. The third-order valence-corrected chi connectivity index (χ3v) is 4.66. The molecule has 2 aliphatic rings. The smallest absolute Gasteiger partial charge is 0.387 e. The van der Waals surface area contributed by atoms with E-state index in [1.54, 1.807) is 13.0 Å². The van der Waals surface area contributed by atoms with Crippen molar-refractivity contribution in [1.82, 2.24) is 15.5 Å². The molecule has 0 aromatic heterocycles. The highest BCUT2D eigenvalue weighted by Gasteiger charge is 2.56. The molecule has 0 bridgehead atoms. The van der Waals surface area contributed by atoms with Crippen LogP contribution in [0.4, 0.5) is 13.6 Å². The van der Waals surface area contributed by atoms with Gasteiger partial charge >= 0.3 is 12.6 Å². The maximum atomic E-state index is 12.5. The molecule has 1 aliphatic carbocycles. The first-order chi connectivity index (χ1) is 12.3. The number of alkyl halides is 2. The van der Waals surface area contributed by atoms with E-state index in [2.05, 4.69) is 15.4 Å². The molecular weight excluding hydrogens is 348 g/mol.